The van der Waals surface area contributed by atoms with E-state index in [9.17, 15) is 9.59 Å². The Bertz CT molecular complexity index is 1300. The van der Waals surface area contributed by atoms with Crippen LogP contribution in [-0.2, 0) is 43.5 Å². The van der Waals surface area contributed by atoms with Gasteiger partial charge in [0.2, 0.25) is 0 Å². The Morgan fingerprint density at radius 3 is 1.86 bits per heavy atom. The van der Waals surface area contributed by atoms with Crippen molar-refractivity contribution in [1.82, 2.24) is 4.90 Å². The van der Waals surface area contributed by atoms with Crippen LogP contribution < -0.4 is 0 Å². The summed E-state index contributed by atoms with van der Waals surface area (Å²) in [4.78, 5) is 27.4. The van der Waals surface area contributed by atoms with E-state index in [1.165, 1.54) is 6.92 Å². The Labute approximate surface area is 253 Å². The van der Waals surface area contributed by atoms with E-state index in [0.29, 0.717) is 18.2 Å². The van der Waals surface area contributed by atoms with Gasteiger partial charge < -0.3 is 23.8 Å². The highest BCUT2D eigenvalue weighted by molar-refractivity contribution is 6.31. The minimum absolute atomic E-state index is 0.0177. The van der Waals surface area contributed by atoms with E-state index in [2.05, 4.69) is 0 Å². The van der Waals surface area contributed by atoms with Gasteiger partial charge >= 0.3 is 6.09 Å². The maximum absolute atomic E-state index is 13.5. The number of carbonyl (C=O) groups is 2. The molecule has 4 rings (SSSR count). The molecule has 0 saturated carbocycles. The molecule has 0 aromatic heterocycles. The minimum Gasteiger partial charge on any atom is -0.444 e. The predicted octanol–water partition coefficient (Wildman–Crippen LogP) is 6.99. The van der Waals surface area contributed by atoms with Crippen molar-refractivity contribution in [1.29, 1.82) is 0 Å². The summed E-state index contributed by atoms with van der Waals surface area (Å²) in [6.07, 6.45) is -2.56. The Morgan fingerprint density at radius 1 is 0.810 bits per heavy atom. The lowest BCUT2D eigenvalue weighted by Gasteiger charge is -2.31. The molecule has 1 heterocycles. The van der Waals surface area contributed by atoms with Crippen LogP contribution >= 0.6 is 11.6 Å². The molecule has 3 aromatic rings. The summed E-state index contributed by atoms with van der Waals surface area (Å²) in [7, 11) is 0. The number of amides is 1. The van der Waals surface area contributed by atoms with Gasteiger partial charge in [-0.1, -0.05) is 90.5 Å². The van der Waals surface area contributed by atoms with Crippen LogP contribution in [0.4, 0.5) is 4.79 Å². The predicted molar refractivity (Wildman–Crippen MR) is 162 cm³/mol. The van der Waals surface area contributed by atoms with E-state index < -0.39 is 36.1 Å². The summed E-state index contributed by atoms with van der Waals surface area (Å²) in [6.45, 7) is 8.03. The van der Waals surface area contributed by atoms with E-state index in [-0.39, 0.29) is 25.3 Å². The number of ether oxygens (including phenoxy) is 4. The number of benzene rings is 3. The third-order valence-corrected chi connectivity index (χ3v) is 7.21. The number of nitrogens with zero attached hydrogens (tertiary/aromatic N) is 1. The van der Waals surface area contributed by atoms with Crippen molar-refractivity contribution in [3.63, 3.8) is 0 Å². The molecule has 3 aromatic carbocycles. The fourth-order valence-corrected chi connectivity index (χ4v) is 5.11. The first-order valence-electron chi connectivity index (χ1n) is 14.3. The summed E-state index contributed by atoms with van der Waals surface area (Å²) >= 11 is 6.48. The highest BCUT2D eigenvalue weighted by atomic mass is 35.5. The molecule has 42 heavy (non-hydrogen) atoms. The number of hydrogen-bond donors (Lipinski definition) is 0. The summed E-state index contributed by atoms with van der Waals surface area (Å²) in [5, 5.41) is 0.550. The third kappa shape index (κ3) is 9.39. The normalized spacial score (nSPS) is 20.3. The monoisotopic (exact) mass is 593 g/mol. The van der Waals surface area contributed by atoms with Crippen LogP contribution in [0.5, 0.6) is 0 Å². The van der Waals surface area contributed by atoms with Gasteiger partial charge in [-0.3, -0.25) is 4.79 Å². The maximum Gasteiger partial charge on any atom is 0.410 e. The first-order chi connectivity index (χ1) is 20.1. The van der Waals surface area contributed by atoms with Gasteiger partial charge in [-0.2, -0.15) is 0 Å². The standard InChI is InChI=1S/C34H40ClNO6/c1-24(37)19-29-31(39-22-25-13-7-5-8-14-25)32(40-23-26-15-9-6-10-16-26)30(41-29)21-36(33(38)42-34(2,3)4)20-27-17-11-12-18-28(27)35/h5-18,29-32H,19-23H2,1-4H3/t29-,30-,31+,32-/m1/s1. The Hall–Kier alpha value is -3.23. The van der Waals surface area contributed by atoms with Gasteiger partial charge in [-0.25, -0.2) is 4.79 Å². The molecule has 8 heteroatoms. The summed E-state index contributed by atoms with van der Waals surface area (Å²) in [5.74, 6) is -0.0177. The highest BCUT2D eigenvalue weighted by Gasteiger charge is 2.47. The fourth-order valence-electron chi connectivity index (χ4n) is 4.91. The molecule has 1 aliphatic heterocycles. The zero-order valence-electron chi connectivity index (χ0n) is 24.7. The van der Waals surface area contributed by atoms with Gasteiger partial charge in [0.05, 0.1) is 32.4 Å². The quantitative estimate of drug-likeness (QED) is 0.225. The molecule has 0 unspecified atom stereocenters. The van der Waals surface area contributed by atoms with Crippen LogP contribution in [0.15, 0.2) is 84.9 Å². The first-order valence-corrected chi connectivity index (χ1v) is 14.6. The van der Waals surface area contributed by atoms with Crippen molar-refractivity contribution in [2.24, 2.45) is 0 Å². The van der Waals surface area contributed by atoms with Crippen molar-refractivity contribution in [3.05, 3.63) is 107 Å². The molecule has 0 N–H and O–H groups in total. The molecular formula is C34H40ClNO6. The lowest BCUT2D eigenvalue weighted by Crippen LogP contribution is -2.45. The third-order valence-electron chi connectivity index (χ3n) is 6.84. The van der Waals surface area contributed by atoms with Crippen LogP contribution in [0, 0.1) is 0 Å². The SMILES string of the molecule is CC(=O)C[C@H]1O[C@H](CN(Cc2ccccc2Cl)C(=O)OC(C)(C)C)[C@@H](OCc2ccccc2)[C@H]1OCc1ccccc1. The molecule has 7 nitrogen and oxygen atoms in total. The number of rotatable bonds is 12. The van der Waals surface area contributed by atoms with E-state index in [1.54, 1.807) is 11.0 Å². The van der Waals surface area contributed by atoms with Crippen molar-refractivity contribution >= 4 is 23.5 Å². The van der Waals surface area contributed by atoms with Gasteiger partial charge in [0, 0.05) is 11.4 Å². The molecular weight excluding hydrogens is 554 g/mol. The van der Waals surface area contributed by atoms with Gasteiger partial charge in [-0.15, -0.1) is 0 Å². The van der Waals surface area contributed by atoms with Crippen LogP contribution in [0.2, 0.25) is 5.02 Å². The lowest BCUT2D eigenvalue weighted by molar-refractivity contribution is -0.122. The number of hydrogen-bond acceptors (Lipinski definition) is 6. The Kier molecular flexibility index (Phi) is 11.2. The van der Waals surface area contributed by atoms with Gasteiger partial charge in [0.25, 0.3) is 0 Å². The second kappa shape index (κ2) is 14.8. The zero-order chi connectivity index (χ0) is 30.1. The molecule has 1 aliphatic rings. The Balaban J connectivity index is 1.63. The van der Waals surface area contributed by atoms with Crippen LogP contribution in [0.1, 0.15) is 50.8 Å². The van der Waals surface area contributed by atoms with Crippen molar-refractivity contribution in [3.8, 4) is 0 Å². The van der Waals surface area contributed by atoms with Crippen LogP contribution in [0.25, 0.3) is 0 Å². The second-order valence-corrected chi connectivity index (χ2v) is 12.0. The van der Waals surface area contributed by atoms with Gasteiger partial charge in [0.1, 0.15) is 29.7 Å². The summed E-state index contributed by atoms with van der Waals surface area (Å²) in [6, 6.07) is 27.1. The fraction of sp³-hybridized carbons (Fsp3) is 0.412. The molecule has 4 atom stereocenters. The van der Waals surface area contributed by atoms with Gasteiger partial charge in [0.15, 0.2) is 0 Å². The first kappa shape index (κ1) is 31.7. The van der Waals surface area contributed by atoms with Crippen molar-refractivity contribution in [2.45, 2.75) is 83.9 Å². The van der Waals surface area contributed by atoms with E-state index >= 15 is 0 Å². The van der Waals surface area contributed by atoms with Crippen LogP contribution in [0.3, 0.4) is 0 Å². The molecule has 1 amide bonds. The highest BCUT2D eigenvalue weighted by Crippen LogP contribution is 2.32. The van der Waals surface area contributed by atoms with Gasteiger partial charge in [-0.05, 0) is 50.5 Å². The van der Waals surface area contributed by atoms with Crippen LogP contribution in [-0.4, -0.2) is 53.3 Å². The topological polar surface area (TPSA) is 74.3 Å². The average Bonchev–Trinajstić information content (AvgIpc) is 3.26. The van der Waals surface area contributed by atoms with E-state index in [1.807, 2.05) is 99.6 Å². The lowest BCUT2D eigenvalue weighted by atomic mass is 10.0. The molecule has 0 radical (unpaired) electrons. The molecule has 0 spiro atoms. The molecule has 224 valence electrons. The molecule has 1 saturated heterocycles. The van der Waals surface area contributed by atoms with Crippen molar-refractivity contribution in [2.75, 3.05) is 6.54 Å². The summed E-state index contributed by atoms with van der Waals surface area (Å²) in [5.41, 5.74) is 2.07. The number of halogens is 1. The second-order valence-electron chi connectivity index (χ2n) is 11.6. The van der Waals surface area contributed by atoms with Crippen molar-refractivity contribution < 1.29 is 28.5 Å². The molecule has 1 fully saturated rings. The number of ketones is 1. The molecule has 0 bridgehead atoms. The molecule has 0 aliphatic carbocycles. The van der Waals surface area contributed by atoms with E-state index in [4.69, 9.17) is 30.5 Å². The number of Topliss-reactive ketones (excluding diaryl/α,β-unsaturated/α-hetero) is 1. The Morgan fingerprint density at radius 2 is 1.33 bits per heavy atom. The zero-order valence-corrected chi connectivity index (χ0v) is 25.5. The maximum atomic E-state index is 13.5. The number of carbonyl (C=O) groups excluding carboxylic acids is 2. The average molecular weight is 594 g/mol. The smallest absolute Gasteiger partial charge is 0.410 e. The summed E-state index contributed by atoms with van der Waals surface area (Å²) < 4.78 is 25.2. The minimum atomic E-state index is -0.700. The van der Waals surface area contributed by atoms with E-state index in [0.717, 1.165) is 16.7 Å². The largest absolute Gasteiger partial charge is 0.444 e.